The number of fused-ring (bicyclic) bond motifs is 2. The molecule has 0 fully saturated rings. The van der Waals surface area contributed by atoms with Gasteiger partial charge in [-0.25, -0.2) is 18.7 Å². The van der Waals surface area contributed by atoms with Crippen molar-refractivity contribution in [3.05, 3.63) is 205 Å². The molecule has 0 amide bonds. The summed E-state index contributed by atoms with van der Waals surface area (Å²) in [6.45, 7) is 3.84. The van der Waals surface area contributed by atoms with Crippen LogP contribution < -0.4 is 25.3 Å². The smallest absolute Gasteiger partial charge is 0.294 e. The van der Waals surface area contributed by atoms with Gasteiger partial charge in [0.15, 0.2) is 5.75 Å². The number of hydrogen-bond acceptors (Lipinski definition) is 8. The molecule has 4 aromatic heterocycles. The van der Waals surface area contributed by atoms with E-state index in [1.165, 1.54) is 24.3 Å². The molecule has 0 radical (unpaired) electrons. The first-order chi connectivity index (χ1) is 32.4. The van der Waals surface area contributed by atoms with Crippen molar-refractivity contribution in [3.8, 4) is 40.1 Å². The van der Waals surface area contributed by atoms with Crippen molar-refractivity contribution in [2.24, 2.45) is 0 Å². The molecule has 2 unspecified atom stereocenters. The lowest BCUT2D eigenvalue weighted by Crippen LogP contribution is -2.31. The summed E-state index contributed by atoms with van der Waals surface area (Å²) in [4.78, 5) is 34.1. The monoisotopic (exact) mass is 970 g/mol. The van der Waals surface area contributed by atoms with Crippen LogP contribution in [0.3, 0.4) is 0 Å². The van der Waals surface area contributed by atoms with Gasteiger partial charge in [-0.1, -0.05) is 24.3 Å². The van der Waals surface area contributed by atoms with Crippen LogP contribution in [-0.4, -0.2) is 47.6 Å². The second-order valence-corrected chi connectivity index (χ2v) is 17.1. The molecule has 67 heavy (non-hydrogen) atoms. The molecule has 2 aliphatic rings. The molecule has 0 saturated carbocycles. The standard InChI is InChI=1S/C26H24FN3O3.C15H13BrFNO.C11H12N2O2/c1-17-15-29(16-28-17)23-12-11-21(14-25(23)32-2)33-24-13-10-20-4-3-5-22(30(20)26(24)31)18-6-8-19(27)9-7-18;16-13-9-8-12-2-1-3-14(18(12)15(13)19)10-4-6-11(17)7-5-10;1-8-6-13(7-12-8)10-4-3-9(14)5-11(10)15-2/h6-16,22H,3-5H2,1-2H3;4-9,14H,1-3H2;3-7,14H,1-2H3. The summed E-state index contributed by atoms with van der Waals surface area (Å²) in [5.74, 6) is 1.61. The van der Waals surface area contributed by atoms with Crippen molar-refractivity contribution in [1.82, 2.24) is 28.2 Å². The lowest BCUT2D eigenvalue weighted by molar-refractivity contribution is 0.400. The van der Waals surface area contributed by atoms with Crippen molar-refractivity contribution < 1.29 is 28.1 Å². The van der Waals surface area contributed by atoms with Gasteiger partial charge in [0, 0.05) is 35.9 Å². The number of ether oxygens (including phenoxy) is 3. The van der Waals surface area contributed by atoms with E-state index < -0.39 is 0 Å². The summed E-state index contributed by atoms with van der Waals surface area (Å²) in [6.07, 6.45) is 12.7. The van der Waals surface area contributed by atoms with Gasteiger partial charge in [-0.15, -0.1) is 0 Å². The number of aromatic nitrogens is 6. The van der Waals surface area contributed by atoms with E-state index in [4.69, 9.17) is 14.2 Å². The Bertz CT molecular complexity index is 3130. The van der Waals surface area contributed by atoms with E-state index in [2.05, 4.69) is 25.9 Å². The van der Waals surface area contributed by atoms with Crippen molar-refractivity contribution in [1.29, 1.82) is 0 Å². The first-order valence-electron chi connectivity index (χ1n) is 21.8. The maximum atomic E-state index is 13.4. The van der Waals surface area contributed by atoms with E-state index in [0.29, 0.717) is 21.7 Å². The molecule has 1 N–H and O–H groups in total. The topological polar surface area (TPSA) is 128 Å². The molecular weight excluding hydrogens is 923 g/mol. The first-order valence-corrected chi connectivity index (χ1v) is 22.6. The molecule has 4 aromatic carbocycles. The van der Waals surface area contributed by atoms with Gasteiger partial charge in [-0.3, -0.25) is 9.59 Å². The van der Waals surface area contributed by atoms with E-state index in [1.54, 1.807) is 98.2 Å². The van der Waals surface area contributed by atoms with Gasteiger partial charge in [0.2, 0.25) is 0 Å². The first kappa shape index (κ1) is 46.3. The highest BCUT2D eigenvalue weighted by Crippen LogP contribution is 2.34. The quantitative estimate of drug-likeness (QED) is 0.159. The van der Waals surface area contributed by atoms with Crippen molar-refractivity contribution >= 4 is 15.9 Å². The zero-order chi connectivity index (χ0) is 47.2. The number of rotatable bonds is 8. The van der Waals surface area contributed by atoms with E-state index in [-0.39, 0.29) is 46.3 Å². The largest absolute Gasteiger partial charge is 0.508 e. The van der Waals surface area contributed by atoms with Crippen LogP contribution in [0, 0.1) is 25.5 Å². The number of nitrogens with zero attached hydrogens (tertiary/aromatic N) is 6. The Morgan fingerprint density at radius 2 is 1.10 bits per heavy atom. The van der Waals surface area contributed by atoms with Gasteiger partial charge in [-0.05, 0) is 152 Å². The molecule has 2 atom stereocenters. The van der Waals surface area contributed by atoms with Gasteiger partial charge < -0.3 is 37.6 Å². The predicted octanol–water partition coefficient (Wildman–Crippen LogP) is 10.8. The number of halogens is 3. The summed E-state index contributed by atoms with van der Waals surface area (Å²) in [5, 5.41) is 9.32. The van der Waals surface area contributed by atoms with Crippen LogP contribution >= 0.6 is 15.9 Å². The number of aromatic hydroxyl groups is 1. The Kier molecular flexibility index (Phi) is 14.2. The normalized spacial score (nSPS) is 14.9. The van der Waals surface area contributed by atoms with Crippen LogP contribution in [0.25, 0.3) is 11.4 Å². The number of hydrogen-bond donors (Lipinski definition) is 1. The Hall–Kier alpha value is -7.26. The SMILES string of the molecule is COc1cc(O)ccc1-n1cnc(C)c1.COc1cc(Oc2ccc3n(c2=O)C(c2ccc(F)cc2)CCC3)ccc1-n1cnc(C)c1.O=c1c(Br)ccc2n1C(c1ccc(F)cc1)CCC2. The minimum atomic E-state index is -0.289. The molecule has 0 aliphatic carbocycles. The Balaban J connectivity index is 0.000000151. The molecule has 12 nitrogen and oxygen atoms in total. The summed E-state index contributed by atoms with van der Waals surface area (Å²) >= 11 is 3.29. The lowest BCUT2D eigenvalue weighted by Gasteiger charge is -2.28. The van der Waals surface area contributed by atoms with Crippen LogP contribution in [-0.2, 0) is 12.8 Å². The van der Waals surface area contributed by atoms with Crippen LogP contribution in [0.2, 0.25) is 0 Å². The van der Waals surface area contributed by atoms with E-state index in [0.717, 1.165) is 83.8 Å². The molecule has 0 saturated heterocycles. The third kappa shape index (κ3) is 10.4. The van der Waals surface area contributed by atoms with Gasteiger partial charge in [0.05, 0.1) is 66.2 Å². The Morgan fingerprint density at radius 3 is 1.61 bits per heavy atom. The molecular formula is C52H49BrF2N6O6. The number of pyridine rings is 2. The molecule has 344 valence electrons. The molecule has 6 heterocycles. The zero-order valence-corrected chi connectivity index (χ0v) is 39.0. The number of phenolic OH excluding ortho intramolecular Hbond substituents is 1. The molecule has 2 aliphatic heterocycles. The van der Waals surface area contributed by atoms with Crippen molar-refractivity contribution in [2.75, 3.05) is 14.2 Å². The zero-order valence-electron chi connectivity index (χ0n) is 37.4. The van der Waals surface area contributed by atoms with Crippen LogP contribution in [0.15, 0.2) is 148 Å². The predicted molar refractivity (Wildman–Crippen MR) is 256 cm³/mol. The maximum absolute atomic E-state index is 13.4. The maximum Gasteiger partial charge on any atom is 0.294 e. The highest BCUT2D eigenvalue weighted by molar-refractivity contribution is 9.10. The summed E-state index contributed by atoms with van der Waals surface area (Å²) in [7, 11) is 3.16. The van der Waals surface area contributed by atoms with E-state index in [9.17, 15) is 23.5 Å². The molecule has 8 aromatic rings. The minimum Gasteiger partial charge on any atom is -0.508 e. The Morgan fingerprint density at radius 1 is 0.612 bits per heavy atom. The third-order valence-corrected chi connectivity index (χ3v) is 12.4. The lowest BCUT2D eigenvalue weighted by atomic mass is 9.95. The van der Waals surface area contributed by atoms with Gasteiger partial charge in [0.25, 0.3) is 11.1 Å². The summed E-state index contributed by atoms with van der Waals surface area (Å²) < 4.78 is 51.1. The number of aryl methyl sites for hydroxylation is 4. The van der Waals surface area contributed by atoms with E-state index >= 15 is 0 Å². The average Bonchev–Trinajstić information content (AvgIpc) is 3.99. The van der Waals surface area contributed by atoms with Crippen LogP contribution in [0.5, 0.6) is 28.7 Å². The molecule has 0 spiro atoms. The fourth-order valence-corrected chi connectivity index (χ4v) is 8.89. The fraction of sp³-hybridized carbons (Fsp3) is 0.231. The van der Waals surface area contributed by atoms with Gasteiger partial charge in [0.1, 0.15) is 34.6 Å². The number of methoxy groups -OCH3 is 2. The van der Waals surface area contributed by atoms with Gasteiger partial charge in [-0.2, -0.15) is 0 Å². The molecule has 0 bridgehead atoms. The molecule has 10 rings (SSSR count). The highest BCUT2D eigenvalue weighted by atomic mass is 79.9. The minimum absolute atomic E-state index is 0.00785. The second-order valence-electron chi connectivity index (χ2n) is 16.3. The summed E-state index contributed by atoms with van der Waals surface area (Å²) in [6, 6.07) is 30.5. The van der Waals surface area contributed by atoms with Crippen LogP contribution in [0.4, 0.5) is 8.78 Å². The van der Waals surface area contributed by atoms with Crippen LogP contribution in [0.1, 0.15) is 71.7 Å². The third-order valence-electron chi connectivity index (χ3n) is 11.8. The number of benzene rings is 4. The Labute approximate surface area is 394 Å². The van der Waals surface area contributed by atoms with Crippen molar-refractivity contribution in [2.45, 2.75) is 64.5 Å². The van der Waals surface area contributed by atoms with Crippen molar-refractivity contribution in [3.63, 3.8) is 0 Å². The molecule has 15 heteroatoms. The summed E-state index contributed by atoms with van der Waals surface area (Å²) in [5.41, 5.74) is 7.22. The van der Waals surface area contributed by atoms with E-state index in [1.807, 2.05) is 58.1 Å². The average molecular weight is 972 g/mol. The number of imidazole rings is 2. The fourth-order valence-electron chi connectivity index (χ4n) is 8.57. The van der Waals surface area contributed by atoms with Gasteiger partial charge >= 0.3 is 0 Å². The highest BCUT2D eigenvalue weighted by Gasteiger charge is 2.25. The second kappa shape index (κ2) is 20.5. The number of phenols is 1.